The van der Waals surface area contributed by atoms with Crippen LogP contribution in [0.3, 0.4) is 0 Å². The zero-order valence-corrected chi connectivity index (χ0v) is 11.7. The number of hydrogen-bond donors (Lipinski definition) is 0. The van der Waals surface area contributed by atoms with Crippen LogP contribution in [0.2, 0.25) is 0 Å². The van der Waals surface area contributed by atoms with Crippen LogP contribution in [0.4, 0.5) is 12.9 Å². The summed E-state index contributed by atoms with van der Waals surface area (Å²) in [6.07, 6.45) is 9.52. The van der Waals surface area contributed by atoms with Crippen LogP contribution < -0.4 is 5.46 Å². The molecule has 0 atom stereocenters. The molecule has 4 heteroatoms. The topological polar surface area (TPSA) is 0 Å². The fourth-order valence-electron chi connectivity index (χ4n) is 2.19. The van der Waals surface area contributed by atoms with Crippen molar-refractivity contribution in [2.24, 2.45) is 0 Å². The van der Waals surface area contributed by atoms with E-state index >= 15 is 0 Å². The van der Waals surface area contributed by atoms with E-state index in [9.17, 15) is 12.9 Å². The highest BCUT2D eigenvalue weighted by Gasteiger charge is 2.24. The predicted octanol–water partition coefficient (Wildman–Crippen LogP) is 5.03. The first kappa shape index (κ1) is 16.1. The Kier molecular flexibility index (Phi) is 7.04. The molecular weight excluding hydrogens is 248 g/mol. The molecule has 1 aromatic rings. The standard InChI is InChI=1S/C15H23BF3/c1-2-3-4-5-6-7-8-9-14-10-12-15(13-11-14)16(17,18)19/h10-13H,2-9H2,1H3/q-1. The van der Waals surface area contributed by atoms with Crippen LogP contribution in [0, 0.1) is 0 Å². The normalized spacial score (nSPS) is 11.8. The van der Waals surface area contributed by atoms with Gasteiger partial charge in [0.2, 0.25) is 0 Å². The molecule has 0 bridgehead atoms. The Balaban J connectivity index is 2.20. The summed E-state index contributed by atoms with van der Waals surface area (Å²) in [5.74, 6) is 0. The second-order valence-corrected chi connectivity index (χ2v) is 5.19. The van der Waals surface area contributed by atoms with Gasteiger partial charge in [-0.15, -0.1) is 5.46 Å². The highest BCUT2D eigenvalue weighted by molar-refractivity contribution is 6.73. The molecule has 19 heavy (non-hydrogen) atoms. The fraction of sp³-hybridized carbons (Fsp3) is 0.600. The molecule has 0 amide bonds. The minimum atomic E-state index is -4.85. The minimum absolute atomic E-state index is 0.497. The average Bonchev–Trinajstić information content (AvgIpc) is 2.37. The van der Waals surface area contributed by atoms with Crippen molar-refractivity contribution in [3.63, 3.8) is 0 Å². The monoisotopic (exact) mass is 271 g/mol. The SMILES string of the molecule is CCCCCCCCCc1ccc([B-](F)(F)F)cc1. The lowest BCUT2D eigenvalue weighted by molar-refractivity contribution is 0.501. The number of hydrogen-bond acceptors (Lipinski definition) is 0. The van der Waals surface area contributed by atoms with E-state index in [1.54, 1.807) is 12.1 Å². The van der Waals surface area contributed by atoms with E-state index < -0.39 is 12.4 Å². The molecule has 0 spiro atoms. The molecule has 1 aromatic carbocycles. The van der Waals surface area contributed by atoms with Gasteiger partial charge in [0.1, 0.15) is 0 Å². The molecule has 0 aromatic heterocycles. The number of rotatable bonds is 9. The van der Waals surface area contributed by atoms with E-state index in [0.717, 1.165) is 18.4 Å². The summed E-state index contributed by atoms with van der Waals surface area (Å²) in [7, 11) is 0. The predicted molar refractivity (Wildman–Crippen MR) is 76.9 cm³/mol. The molecule has 0 radical (unpaired) electrons. The molecule has 0 saturated heterocycles. The van der Waals surface area contributed by atoms with Crippen molar-refractivity contribution in [2.45, 2.75) is 58.3 Å². The molecule has 0 unspecified atom stereocenters. The van der Waals surface area contributed by atoms with E-state index in [1.807, 2.05) is 0 Å². The first-order valence-electron chi connectivity index (χ1n) is 7.33. The Bertz CT molecular complexity index is 343. The molecule has 0 N–H and O–H groups in total. The van der Waals surface area contributed by atoms with Crippen molar-refractivity contribution in [3.8, 4) is 0 Å². The van der Waals surface area contributed by atoms with Crippen molar-refractivity contribution in [3.05, 3.63) is 29.8 Å². The van der Waals surface area contributed by atoms with Gasteiger partial charge in [-0.3, -0.25) is 0 Å². The Hall–Kier alpha value is -0.925. The van der Waals surface area contributed by atoms with Gasteiger partial charge < -0.3 is 12.9 Å². The molecule has 0 aliphatic carbocycles. The number of aryl methyl sites for hydroxylation is 1. The van der Waals surface area contributed by atoms with Crippen LogP contribution in [-0.4, -0.2) is 6.98 Å². The second-order valence-electron chi connectivity index (χ2n) is 5.19. The Morgan fingerprint density at radius 2 is 1.32 bits per heavy atom. The smallest absolute Gasteiger partial charge is 0.445 e. The maximum Gasteiger partial charge on any atom is 0.509 e. The van der Waals surface area contributed by atoms with Gasteiger partial charge in [0.25, 0.3) is 0 Å². The van der Waals surface area contributed by atoms with Gasteiger partial charge >= 0.3 is 6.98 Å². The van der Waals surface area contributed by atoms with Crippen LogP contribution in [0.15, 0.2) is 24.3 Å². The van der Waals surface area contributed by atoms with Gasteiger partial charge in [-0.05, 0) is 18.4 Å². The molecule has 0 saturated carbocycles. The van der Waals surface area contributed by atoms with Gasteiger partial charge in [0, 0.05) is 0 Å². The van der Waals surface area contributed by atoms with Crippen molar-refractivity contribution in [1.82, 2.24) is 0 Å². The van der Waals surface area contributed by atoms with Gasteiger partial charge in [-0.2, -0.15) is 0 Å². The number of halogens is 3. The molecule has 0 aliphatic heterocycles. The van der Waals surface area contributed by atoms with Gasteiger partial charge in [-0.1, -0.05) is 69.7 Å². The Labute approximate surface area is 114 Å². The molecule has 108 valence electrons. The largest absolute Gasteiger partial charge is 0.509 e. The highest BCUT2D eigenvalue weighted by Crippen LogP contribution is 2.12. The molecule has 0 fully saturated rings. The van der Waals surface area contributed by atoms with Crippen LogP contribution in [0.1, 0.15) is 57.4 Å². The van der Waals surface area contributed by atoms with Crippen LogP contribution >= 0.6 is 0 Å². The maximum absolute atomic E-state index is 12.4. The summed E-state index contributed by atoms with van der Waals surface area (Å²) >= 11 is 0. The summed E-state index contributed by atoms with van der Waals surface area (Å²) in [4.78, 5) is 0. The first-order valence-corrected chi connectivity index (χ1v) is 7.33. The van der Waals surface area contributed by atoms with E-state index in [2.05, 4.69) is 6.92 Å². The Morgan fingerprint density at radius 3 is 1.84 bits per heavy atom. The number of unbranched alkanes of at least 4 members (excludes halogenated alkanes) is 6. The third-order valence-corrected chi connectivity index (χ3v) is 3.43. The van der Waals surface area contributed by atoms with E-state index in [1.165, 1.54) is 50.7 Å². The Morgan fingerprint density at radius 1 is 0.789 bits per heavy atom. The summed E-state index contributed by atoms with van der Waals surface area (Å²) in [6, 6.07) is 5.64. The molecule has 1 rings (SSSR count). The van der Waals surface area contributed by atoms with E-state index in [4.69, 9.17) is 0 Å². The first-order chi connectivity index (χ1) is 9.04. The van der Waals surface area contributed by atoms with Gasteiger partial charge in [-0.25, -0.2) is 0 Å². The van der Waals surface area contributed by atoms with Gasteiger partial charge in [0.05, 0.1) is 0 Å². The molecule has 0 nitrogen and oxygen atoms in total. The summed E-state index contributed by atoms with van der Waals surface area (Å²) in [5, 5.41) is 0. The lowest BCUT2D eigenvalue weighted by Gasteiger charge is -2.14. The molecular formula is C15H23BF3-. The minimum Gasteiger partial charge on any atom is -0.445 e. The summed E-state index contributed by atoms with van der Waals surface area (Å²) < 4.78 is 37.3. The molecule has 0 aliphatic rings. The maximum atomic E-state index is 12.4. The third-order valence-electron chi connectivity index (χ3n) is 3.43. The summed E-state index contributed by atoms with van der Waals surface area (Å²) in [6.45, 7) is -2.65. The van der Waals surface area contributed by atoms with Crippen molar-refractivity contribution < 1.29 is 12.9 Å². The van der Waals surface area contributed by atoms with Crippen molar-refractivity contribution >= 4 is 12.4 Å². The summed E-state index contributed by atoms with van der Waals surface area (Å²) in [5.41, 5.74) is 0.515. The van der Waals surface area contributed by atoms with Crippen molar-refractivity contribution in [2.75, 3.05) is 0 Å². The lowest BCUT2D eigenvalue weighted by atomic mass is 9.80. The zero-order valence-electron chi connectivity index (χ0n) is 11.7. The number of benzene rings is 1. The quantitative estimate of drug-likeness (QED) is 0.436. The van der Waals surface area contributed by atoms with Gasteiger partial charge in [0.15, 0.2) is 0 Å². The third kappa shape index (κ3) is 6.69. The zero-order chi connectivity index (χ0) is 14.1. The second kappa shape index (κ2) is 8.29. The van der Waals surface area contributed by atoms with Crippen LogP contribution in [-0.2, 0) is 6.42 Å². The molecule has 0 heterocycles. The van der Waals surface area contributed by atoms with Crippen LogP contribution in [0.25, 0.3) is 0 Å². The van der Waals surface area contributed by atoms with E-state index in [-0.39, 0.29) is 0 Å². The highest BCUT2D eigenvalue weighted by atomic mass is 19.4. The van der Waals surface area contributed by atoms with Crippen LogP contribution in [0.5, 0.6) is 0 Å². The lowest BCUT2D eigenvalue weighted by Crippen LogP contribution is -2.33. The van der Waals surface area contributed by atoms with Crippen molar-refractivity contribution in [1.29, 1.82) is 0 Å². The fourth-order valence-corrected chi connectivity index (χ4v) is 2.19. The average molecular weight is 271 g/mol. The van der Waals surface area contributed by atoms with E-state index in [0.29, 0.717) is 0 Å².